The Hall–Kier alpha value is -2.29. The molecule has 1 amide bonds. The second kappa shape index (κ2) is 5.12. The molecule has 4 rings (SSSR count). The summed E-state index contributed by atoms with van der Waals surface area (Å²) in [6.07, 6.45) is 3.65. The van der Waals surface area contributed by atoms with E-state index in [1.807, 2.05) is 30.8 Å². The van der Waals surface area contributed by atoms with E-state index in [0.29, 0.717) is 18.9 Å². The summed E-state index contributed by atoms with van der Waals surface area (Å²) >= 11 is 3.37. The number of carbonyl (C=O) groups is 1. The van der Waals surface area contributed by atoms with Crippen LogP contribution < -0.4 is 0 Å². The van der Waals surface area contributed by atoms with Crippen molar-refractivity contribution in [2.75, 3.05) is 13.1 Å². The summed E-state index contributed by atoms with van der Waals surface area (Å²) in [5.74, 6) is 0.472. The number of likely N-dealkylation sites (tertiary alicyclic amines) is 1. The van der Waals surface area contributed by atoms with Crippen LogP contribution in [0.5, 0.6) is 0 Å². The quantitative estimate of drug-likeness (QED) is 0.675. The van der Waals surface area contributed by atoms with E-state index >= 15 is 0 Å². The molecule has 0 unspecified atom stereocenters. The highest BCUT2D eigenvalue weighted by Gasteiger charge is 2.34. The highest BCUT2D eigenvalue weighted by Crippen LogP contribution is 2.23. The third-order valence-electron chi connectivity index (χ3n) is 3.90. The third-order valence-corrected chi connectivity index (χ3v) is 4.31. The highest BCUT2D eigenvalue weighted by atomic mass is 79.9. The van der Waals surface area contributed by atoms with Crippen molar-refractivity contribution < 1.29 is 4.79 Å². The van der Waals surface area contributed by atoms with Gasteiger partial charge in [0.2, 0.25) is 5.82 Å². The molecule has 3 aromatic heterocycles. The van der Waals surface area contributed by atoms with Crippen molar-refractivity contribution in [3.05, 3.63) is 40.1 Å². The molecule has 4 heterocycles. The van der Waals surface area contributed by atoms with Crippen molar-refractivity contribution in [1.29, 1.82) is 0 Å². The van der Waals surface area contributed by atoms with Crippen LogP contribution in [0.2, 0.25) is 0 Å². The van der Waals surface area contributed by atoms with E-state index < -0.39 is 0 Å². The zero-order chi connectivity index (χ0) is 16.1. The first kappa shape index (κ1) is 14.3. The fourth-order valence-corrected chi connectivity index (χ4v) is 3.00. The minimum absolute atomic E-state index is 0.171. The zero-order valence-corrected chi connectivity index (χ0v) is 14.2. The number of aromatic nitrogens is 6. The average molecular weight is 376 g/mol. The van der Waals surface area contributed by atoms with Gasteiger partial charge in [-0.1, -0.05) is 0 Å². The van der Waals surface area contributed by atoms with Gasteiger partial charge in [-0.2, -0.15) is 10.1 Å². The van der Waals surface area contributed by atoms with Gasteiger partial charge < -0.3 is 4.90 Å². The Labute approximate surface area is 140 Å². The van der Waals surface area contributed by atoms with Gasteiger partial charge in [-0.3, -0.25) is 9.48 Å². The Morgan fingerprint density at radius 3 is 2.78 bits per heavy atom. The number of rotatable bonds is 2. The van der Waals surface area contributed by atoms with Crippen LogP contribution in [0, 0.1) is 13.8 Å². The topological polar surface area (TPSA) is 81.2 Å². The van der Waals surface area contributed by atoms with E-state index in [2.05, 4.69) is 36.1 Å². The monoisotopic (exact) mass is 375 g/mol. The number of fused-ring (bicyclic) bond motifs is 1. The molecule has 0 bridgehead atoms. The van der Waals surface area contributed by atoms with Gasteiger partial charge in [0, 0.05) is 30.7 Å². The van der Waals surface area contributed by atoms with Crippen molar-refractivity contribution in [3.63, 3.8) is 0 Å². The zero-order valence-electron chi connectivity index (χ0n) is 12.6. The fourth-order valence-electron chi connectivity index (χ4n) is 2.70. The van der Waals surface area contributed by atoms with Crippen molar-refractivity contribution in [2.45, 2.75) is 19.9 Å². The van der Waals surface area contributed by atoms with Crippen LogP contribution in [0.3, 0.4) is 0 Å². The van der Waals surface area contributed by atoms with E-state index in [-0.39, 0.29) is 17.8 Å². The molecule has 8 nitrogen and oxygen atoms in total. The SMILES string of the molecule is Cc1cc(C)n2nc(C(=O)N3CC(n4cc(Br)cn4)C3)nc2n1. The lowest BCUT2D eigenvalue weighted by atomic mass is 10.1. The van der Waals surface area contributed by atoms with E-state index in [0.717, 1.165) is 15.9 Å². The lowest BCUT2D eigenvalue weighted by molar-refractivity contribution is 0.0489. The molecule has 0 atom stereocenters. The Kier molecular flexibility index (Phi) is 3.19. The molecule has 1 aliphatic rings. The maximum absolute atomic E-state index is 12.5. The first-order chi connectivity index (χ1) is 11.0. The molecule has 0 N–H and O–H groups in total. The Bertz CT molecular complexity index is 909. The van der Waals surface area contributed by atoms with E-state index in [1.165, 1.54) is 0 Å². The minimum atomic E-state index is -0.171. The van der Waals surface area contributed by atoms with Crippen LogP contribution in [-0.4, -0.2) is 53.3 Å². The molecular formula is C14H14BrN7O. The van der Waals surface area contributed by atoms with Gasteiger partial charge in [0.05, 0.1) is 16.7 Å². The second-order valence-electron chi connectivity index (χ2n) is 5.69. The molecule has 0 radical (unpaired) electrons. The van der Waals surface area contributed by atoms with E-state index in [4.69, 9.17) is 0 Å². The fraction of sp³-hybridized carbons (Fsp3) is 0.357. The van der Waals surface area contributed by atoms with Crippen LogP contribution >= 0.6 is 15.9 Å². The predicted octanol–water partition coefficient (Wildman–Crippen LogP) is 1.40. The maximum Gasteiger partial charge on any atom is 0.293 e. The lowest BCUT2D eigenvalue weighted by Crippen LogP contribution is -2.51. The number of halogens is 1. The Morgan fingerprint density at radius 1 is 1.30 bits per heavy atom. The molecule has 0 spiro atoms. The van der Waals surface area contributed by atoms with Crippen molar-refractivity contribution in [2.24, 2.45) is 0 Å². The van der Waals surface area contributed by atoms with Crippen molar-refractivity contribution >= 4 is 27.6 Å². The average Bonchev–Trinajstić information content (AvgIpc) is 3.03. The molecule has 0 saturated carbocycles. The maximum atomic E-state index is 12.5. The first-order valence-electron chi connectivity index (χ1n) is 7.21. The number of hydrogen-bond donors (Lipinski definition) is 0. The van der Waals surface area contributed by atoms with Gasteiger partial charge >= 0.3 is 0 Å². The minimum Gasteiger partial charge on any atom is -0.331 e. The highest BCUT2D eigenvalue weighted by molar-refractivity contribution is 9.10. The molecule has 1 fully saturated rings. The van der Waals surface area contributed by atoms with Gasteiger partial charge in [-0.15, -0.1) is 5.10 Å². The number of aryl methyl sites for hydroxylation is 2. The number of hydrogen-bond acceptors (Lipinski definition) is 5. The lowest BCUT2D eigenvalue weighted by Gasteiger charge is -2.38. The summed E-state index contributed by atoms with van der Waals surface area (Å²) in [5, 5.41) is 8.53. The van der Waals surface area contributed by atoms with Gasteiger partial charge in [-0.25, -0.2) is 9.50 Å². The molecule has 0 aliphatic carbocycles. The Morgan fingerprint density at radius 2 is 2.09 bits per heavy atom. The smallest absolute Gasteiger partial charge is 0.293 e. The van der Waals surface area contributed by atoms with Gasteiger partial charge in [0.25, 0.3) is 11.7 Å². The summed E-state index contributed by atoms with van der Waals surface area (Å²) in [7, 11) is 0. The van der Waals surface area contributed by atoms with Crippen LogP contribution in [-0.2, 0) is 0 Å². The largest absolute Gasteiger partial charge is 0.331 e. The predicted molar refractivity (Wildman–Crippen MR) is 85.1 cm³/mol. The van der Waals surface area contributed by atoms with Gasteiger partial charge in [0.15, 0.2) is 0 Å². The number of carbonyl (C=O) groups excluding carboxylic acids is 1. The summed E-state index contributed by atoms with van der Waals surface area (Å²) in [6, 6.07) is 2.11. The summed E-state index contributed by atoms with van der Waals surface area (Å²) in [4.78, 5) is 22.8. The molecule has 23 heavy (non-hydrogen) atoms. The van der Waals surface area contributed by atoms with Crippen LogP contribution in [0.1, 0.15) is 28.0 Å². The molecule has 9 heteroatoms. The van der Waals surface area contributed by atoms with Crippen LogP contribution in [0.4, 0.5) is 0 Å². The molecule has 1 aliphatic heterocycles. The van der Waals surface area contributed by atoms with Gasteiger partial charge in [-0.05, 0) is 35.8 Å². The molecular weight excluding hydrogens is 362 g/mol. The molecule has 0 aromatic carbocycles. The molecule has 3 aromatic rings. The number of amides is 1. The summed E-state index contributed by atoms with van der Waals surface area (Å²) in [5.41, 5.74) is 1.76. The molecule has 118 valence electrons. The Balaban J connectivity index is 1.53. The summed E-state index contributed by atoms with van der Waals surface area (Å²) < 4.78 is 4.39. The molecule has 1 saturated heterocycles. The third kappa shape index (κ3) is 2.40. The van der Waals surface area contributed by atoms with Crippen LogP contribution in [0.15, 0.2) is 22.9 Å². The van der Waals surface area contributed by atoms with Crippen molar-refractivity contribution in [1.82, 2.24) is 34.3 Å². The second-order valence-corrected chi connectivity index (χ2v) is 6.60. The van der Waals surface area contributed by atoms with Crippen LogP contribution in [0.25, 0.3) is 5.78 Å². The normalized spacial score (nSPS) is 15.2. The summed E-state index contributed by atoms with van der Waals surface area (Å²) in [6.45, 7) is 5.02. The standard InChI is InChI=1S/C14H14BrN7O/c1-8-3-9(2)22-14(17-8)18-12(19-22)13(23)20-6-11(7-20)21-5-10(15)4-16-21/h3-5,11H,6-7H2,1-2H3. The van der Waals surface area contributed by atoms with Crippen molar-refractivity contribution in [3.8, 4) is 0 Å². The first-order valence-corrected chi connectivity index (χ1v) is 8.00. The van der Waals surface area contributed by atoms with Gasteiger partial charge in [0.1, 0.15) is 0 Å². The van der Waals surface area contributed by atoms with E-state index in [9.17, 15) is 4.79 Å². The van der Waals surface area contributed by atoms with E-state index in [1.54, 1.807) is 15.6 Å². The number of nitrogens with zero attached hydrogens (tertiary/aromatic N) is 7.